The van der Waals surface area contributed by atoms with Gasteiger partial charge in [0.1, 0.15) is 11.4 Å². The van der Waals surface area contributed by atoms with Crippen molar-refractivity contribution in [2.24, 2.45) is 4.99 Å². The number of nitrogens with one attached hydrogen (secondary N) is 2. The van der Waals surface area contributed by atoms with Crippen LogP contribution < -0.4 is 10.0 Å². The van der Waals surface area contributed by atoms with E-state index in [4.69, 9.17) is 4.42 Å². The summed E-state index contributed by atoms with van der Waals surface area (Å²) in [6, 6.07) is 10.4. The SMILES string of the molecule is Cc1cc2occ(CC(=O)Nc3cccc(S(=O)(=O)NC4=NCCCCC4)c3)c2cc1C(C)C. The molecular weight excluding hydrogens is 450 g/mol. The summed E-state index contributed by atoms with van der Waals surface area (Å²) in [5.74, 6) is 0.614. The van der Waals surface area contributed by atoms with Crippen molar-refractivity contribution in [1.29, 1.82) is 0 Å². The Labute approximate surface area is 200 Å². The number of sulfonamides is 1. The lowest BCUT2D eigenvalue weighted by Crippen LogP contribution is -2.30. The molecule has 4 rings (SSSR count). The number of hydrogen-bond acceptors (Lipinski definition) is 5. The van der Waals surface area contributed by atoms with Crippen LogP contribution in [-0.4, -0.2) is 26.7 Å². The van der Waals surface area contributed by atoms with Crippen molar-refractivity contribution in [2.45, 2.75) is 63.7 Å². The summed E-state index contributed by atoms with van der Waals surface area (Å²) in [7, 11) is -3.78. The first kappa shape index (κ1) is 24.0. The highest BCUT2D eigenvalue weighted by Gasteiger charge is 2.19. The second-order valence-electron chi connectivity index (χ2n) is 9.12. The molecule has 34 heavy (non-hydrogen) atoms. The summed E-state index contributed by atoms with van der Waals surface area (Å²) in [5, 5.41) is 3.74. The second-order valence-corrected chi connectivity index (χ2v) is 10.8. The molecule has 2 aromatic carbocycles. The molecule has 7 nitrogen and oxygen atoms in total. The van der Waals surface area contributed by atoms with Gasteiger partial charge in [0.25, 0.3) is 10.0 Å². The van der Waals surface area contributed by atoms with Crippen LogP contribution in [0.15, 0.2) is 57.0 Å². The minimum atomic E-state index is -3.78. The number of amidine groups is 1. The zero-order chi connectivity index (χ0) is 24.3. The summed E-state index contributed by atoms with van der Waals surface area (Å²) in [5.41, 5.74) is 4.35. The first-order valence-electron chi connectivity index (χ1n) is 11.7. The van der Waals surface area contributed by atoms with Crippen molar-refractivity contribution >= 4 is 38.4 Å². The first-order valence-corrected chi connectivity index (χ1v) is 13.2. The fourth-order valence-electron chi connectivity index (χ4n) is 4.29. The smallest absolute Gasteiger partial charge is 0.262 e. The Balaban J connectivity index is 1.48. The Hall–Kier alpha value is -3.13. The third-order valence-electron chi connectivity index (χ3n) is 6.07. The molecule has 2 N–H and O–H groups in total. The Morgan fingerprint density at radius 2 is 1.97 bits per heavy atom. The lowest BCUT2D eigenvalue weighted by atomic mass is 9.95. The molecule has 0 atom stereocenters. The molecule has 0 aliphatic carbocycles. The minimum absolute atomic E-state index is 0.0862. The number of aryl methyl sites for hydroxylation is 1. The van der Waals surface area contributed by atoms with Crippen LogP contribution in [0, 0.1) is 6.92 Å². The second kappa shape index (κ2) is 10.0. The maximum atomic E-state index is 12.9. The number of rotatable bonds is 6. The highest BCUT2D eigenvalue weighted by Crippen LogP contribution is 2.29. The van der Waals surface area contributed by atoms with E-state index in [0.29, 0.717) is 30.4 Å². The molecule has 2 heterocycles. The normalized spacial score (nSPS) is 14.6. The summed E-state index contributed by atoms with van der Waals surface area (Å²) in [6.45, 7) is 6.97. The maximum absolute atomic E-state index is 12.9. The molecular formula is C26H31N3O4S. The third kappa shape index (κ3) is 5.50. The van der Waals surface area contributed by atoms with Gasteiger partial charge in [-0.2, -0.15) is 0 Å². The highest BCUT2D eigenvalue weighted by atomic mass is 32.2. The predicted octanol–water partition coefficient (Wildman–Crippen LogP) is 5.30. The minimum Gasteiger partial charge on any atom is -0.464 e. The van der Waals surface area contributed by atoms with Crippen molar-refractivity contribution in [2.75, 3.05) is 11.9 Å². The van der Waals surface area contributed by atoms with E-state index in [1.807, 2.05) is 6.07 Å². The standard InChI is InChI=1S/C26H31N3O4S/c1-17(2)22-15-23-19(16-33-24(23)12-18(22)3)13-26(30)28-20-8-7-9-21(14-20)34(31,32)29-25-10-5-4-6-11-27-25/h7-9,12,14-17H,4-6,10-11,13H2,1-3H3,(H,27,29)(H,28,30). The van der Waals surface area contributed by atoms with Crippen LogP contribution in [0.25, 0.3) is 11.0 Å². The largest absolute Gasteiger partial charge is 0.464 e. The Kier molecular flexibility index (Phi) is 7.07. The fraction of sp³-hybridized carbons (Fsp3) is 0.385. The number of benzene rings is 2. The van der Waals surface area contributed by atoms with Crippen LogP contribution in [0.3, 0.4) is 0 Å². The van der Waals surface area contributed by atoms with Crippen LogP contribution in [0.1, 0.15) is 62.1 Å². The number of amides is 1. The Morgan fingerprint density at radius 3 is 2.76 bits per heavy atom. The fourth-order valence-corrected chi connectivity index (χ4v) is 5.43. The number of nitrogens with zero attached hydrogens (tertiary/aromatic N) is 1. The summed E-state index contributed by atoms with van der Waals surface area (Å²) in [4.78, 5) is 17.2. The number of anilines is 1. The molecule has 0 unspecified atom stereocenters. The van der Waals surface area contributed by atoms with Gasteiger partial charge in [0.2, 0.25) is 5.91 Å². The summed E-state index contributed by atoms with van der Waals surface area (Å²) >= 11 is 0. The van der Waals surface area contributed by atoms with Crippen LogP contribution in [0.4, 0.5) is 5.69 Å². The van der Waals surface area contributed by atoms with Gasteiger partial charge in [0.15, 0.2) is 0 Å². The van der Waals surface area contributed by atoms with Crippen molar-refractivity contribution in [1.82, 2.24) is 4.72 Å². The molecule has 1 aromatic heterocycles. The van der Waals surface area contributed by atoms with Gasteiger partial charge in [-0.05, 0) is 67.1 Å². The van der Waals surface area contributed by atoms with Gasteiger partial charge in [0.05, 0.1) is 17.6 Å². The van der Waals surface area contributed by atoms with Gasteiger partial charge < -0.3 is 9.73 Å². The predicted molar refractivity (Wildman–Crippen MR) is 135 cm³/mol. The van der Waals surface area contributed by atoms with Gasteiger partial charge in [0, 0.05) is 29.6 Å². The Morgan fingerprint density at radius 1 is 1.15 bits per heavy atom. The van der Waals surface area contributed by atoms with E-state index >= 15 is 0 Å². The number of hydrogen-bond donors (Lipinski definition) is 2. The van der Waals surface area contributed by atoms with Gasteiger partial charge in [-0.25, -0.2) is 8.42 Å². The van der Waals surface area contributed by atoms with Gasteiger partial charge >= 0.3 is 0 Å². The molecule has 0 fully saturated rings. The van der Waals surface area contributed by atoms with E-state index in [2.05, 4.69) is 41.9 Å². The molecule has 1 amide bonds. The zero-order valence-electron chi connectivity index (χ0n) is 19.8. The van der Waals surface area contributed by atoms with E-state index in [-0.39, 0.29) is 17.2 Å². The number of carbonyl (C=O) groups excluding carboxylic acids is 1. The molecule has 0 bridgehead atoms. The number of aliphatic imine (C=N–C) groups is 1. The maximum Gasteiger partial charge on any atom is 0.262 e. The quantitative estimate of drug-likeness (QED) is 0.499. The first-order chi connectivity index (χ1) is 16.2. The monoisotopic (exact) mass is 481 g/mol. The van der Waals surface area contributed by atoms with E-state index < -0.39 is 10.0 Å². The van der Waals surface area contributed by atoms with Crippen molar-refractivity contribution in [3.63, 3.8) is 0 Å². The molecule has 0 spiro atoms. The molecule has 0 radical (unpaired) electrons. The molecule has 0 saturated carbocycles. The summed E-state index contributed by atoms with van der Waals surface area (Å²) in [6.07, 6.45) is 5.29. The van der Waals surface area contributed by atoms with Crippen LogP contribution in [0.5, 0.6) is 0 Å². The van der Waals surface area contributed by atoms with E-state index in [9.17, 15) is 13.2 Å². The van der Waals surface area contributed by atoms with Crippen LogP contribution in [0.2, 0.25) is 0 Å². The zero-order valence-corrected chi connectivity index (χ0v) is 20.7. The highest BCUT2D eigenvalue weighted by molar-refractivity contribution is 7.90. The van der Waals surface area contributed by atoms with Crippen molar-refractivity contribution < 1.29 is 17.6 Å². The number of fused-ring (bicyclic) bond motifs is 1. The lowest BCUT2D eigenvalue weighted by molar-refractivity contribution is -0.115. The molecule has 8 heteroatoms. The van der Waals surface area contributed by atoms with E-state index in [1.165, 1.54) is 17.7 Å². The lowest BCUT2D eigenvalue weighted by Gasteiger charge is -2.11. The molecule has 180 valence electrons. The average molecular weight is 482 g/mol. The van der Waals surface area contributed by atoms with Gasteiger partial charge in [-0.15, -0.1) is 0 Å². The van der Waals surface area contributed by atoms with Crippen LogP contribution >= 0.6 is 0 Å². The summed E-state index contributed by atoms with van der Waals surface area (Å²) < 4.78 is 34.0. The van der Waals surface area contributed by atoms with Crippen LogP contribution in [-0.2, 0) is 21.2 Å². The van der Waals surface area contributed by atoms with E-state index in [1.54, 1.807) is 18.4 Å². The van der Waals surface area contributed by atoms with Gasteiger partial charge in [-0.3, -0.25) is 14.5 Å². The van der Waals surface area contributed by atoms with Gasteiger partial charge in [-0.1, -0.05) is 26.3 Å². The molecule has 1 aliphatic rings. The van der Waals surface area contributed by atoms with Crippen molar-refractivity contribution in [3.05, 3.63) is 59.4 Å². The Bertz CT molecular complexity index is 1340. The van der Waals surface area contributed by atoms with Crippen molar-refractivity contribution in [3.8, 4) is 0 Å². The third-order valence-corrected chi connectivity index (χ3v) is 7.45. The molecule has 0 saturated heterocycles. The molecule has 1 aliphatic heterocycles. The topological polar surface area (TPSA) is 101 Å². The average Bonchev–Trinajstić information content (AvgIpc) is 2.98. The number of furan rings is 1. The molecule has 3 aromatic rings. The van der Waals surface area contributed by atoms with E-state index in [0.717, 1.165) is 41.4 Å². The number of carbonyl (C=O) groups is 1.